The van der Waals surface area contributed by atoms with Gasteiger partial charge in [0.25, 0.3) is 0 Å². The number of methoxy groups -OCH3 is 1. The number of benzene rings is 1. The van der Waals surface area contributed by atoms with E-state index in [0.29, 0.717) is 19.4 Å². The van der Waals surface area contributed by atoms with Crippen LogP contribution in [-0.2, 0) is 20.9 Å². The number of ether oxygens (including phenoxy) is 2. The summed E-state index contributed by atoms with van der Waals surface area (Å²) < 4.78 is 11.0. The molecule has 25 heavy (non-hydrogen) atoms. The number of rotatable bonds is 7. The molecule has 1 heterocycles. The first kappa shape index (κ1) is 19.2. The van der Waals surface area contributed by atoms with Crippen molar-refractivity contribution in [2.75, 3.05) is 13.7 Å². The van der Waals surface area contributed by atoms with E-state index in [9.17, 15) is 14.7 Å². The monoisotopic (exact) mass is 350 g/mol. The molecule has 1 fully saturated rings. The molecule has 0 unspecified atom stereocenters. The third-order valence-corrected chi connectivity index (χ3v) is 4.27. The molecule has 7 nitrogen and oxygen atoms in total. The Morgan fingerprint density at radius 2 is 2.08 bits per heavy atom. The van der Waals surface area contributed by atoms with Gasteiger partial charge >= 0.3 is 0 Å². The molecule has 2 amide bonds. The molecule has 0 aromatic heterocycles. The van der Waals surface area contributed by atoms with Gasteiger partial charge < -0.3 is 25.2 Å². The summed E-state index contributed by atoms with van der Waals surface area (Å²) in [5.41, 5.74) is 0.905. The summed E-state index contributed by atoms with van der Waals surface area (Å²) in [6.45, 7) is 1.63. The second kappa shape index (κ2) is 9.39. The fourth-order valence-electron chi connectivity index (χ4n) is 3.03. The quantitative estimate of drug-likeness (QED) is 0.674. The van der Waals surface area contributed by atoms with E-state index in [1.165, 1.54) is 6.92 Å². The van der Waals surface area contributed by atoms with Crippen molar-refractivity contribution in [3.8, 4) is 5.75 Å². The van der Waals surface area contributed by atoms with Gasteiger partial charge in [-0.05, 0) is 18.9 Å². The molecule has 0 spiro atoms. The largest absolute Gasteiger partial charge is 0.496 e. The van der Waals surface area contributed by atoms with Gasteiger partial charge in [0, 0.05) is 19.0 Å². The van der Waals surface area contributed by atoms with Crippen LogP contribution in [0.1, 0.15) is 31.7 Å². The highest BCUT2D eigenvalue weighted by molar-refractivity contribution is 5.76. The fourth-order valence-corrected chi connectivity index (χ4v) is 3.03. The summed E-state index contributed by atoms with van der Waals surface area (Å²) in [6, 6.07) is 7.30. The Hall–Kier alpha value is -2.12. The molecule has 0 bridgehead atoms. The Balaban J connectivity index is 1.82. The maximum absolute atomic E-state index is 12.2. The second-order valence-corrected chi connectivity index (χ2v) is 6.16. The first-order valence-corrected chi connectivity index (χ1v) is 8.45. The number of aliphatic hydroxyl groups excluding tert-OH is 1. The Kier molecular flexibility index (Phi) is 7.21. The molecular weight excluding hydrogens is 324 g/mol. The van der Waals surface area contributed by atoms with Crippen molar-refractivity contribution in [2.45, 2.75) is 51.0 Å². The summed E-state index contributed by atoms with van der Waals surface area (Å²) in [5.74, 6) is 0.459. The van der Waals surface area contributed by atoms with E-state index in [2.05, 4.69) is 10.6 Å². The van der Waals surface area contributed by atoms with Crippen molar-refractivity contribution in [1.29, 1.82) is 0 Å². The summed E-state index contributed by atoms with van der Waals surface area (Å²) in [6.07, 6.45) is 0.807. The van der Waals surface area contributed by atoms with Gasteiger partial charge in [-0.1, -0.05) is 18.2 Å². The van der Waals surface area contributed by atoms with E-state index < -0.39 is 6.10 Å². The van der Waals surface area contributed by atoms with Crippen molar-refractivity contribution >= 4 is 11.8 Å². The van der Waals surface area contributed by atoms with E-state index in [1.54, 1.807) is 7.11 Å². The molecule has 3 atom stereocenters. The predicted octanol–water partition coefficient (Wildman–Crippen LogP) is 0.746. The van der Waals surface area contributed by atoms with Crippen molar-refractivity contribution in [3.05, 3.63) is 29.8 Å². The van der Waals surface area contributed by atoms with Crippen LogP contribution in [0.15, 0.2) is 24.3 Å². The first-order valence-electron chi connectivity index (χ1n) is 8.45. The molecule has 1 saturated heterocycles. The van der Waals surface area contributed by atoms with Crippen LogP contribution in [0.2, 0.25) is 0 Å². The highest BCUT2D eigenvalue weighted by atomic mass is 16.5. The highest BCUT2D eigenvalue weighted by Crippen LogP contribution is 2.22. The van der Waals surface area contributed by atoms with Gasteiger partial charge in [0.1, 0.15) is 11.9 Å². The Morgan fingerprint density at radius 3 is 2.76 bits per heavy atom. The van der Waals surface area contributed by atoms with Crippen LogP contribution in [0.4, 0.5) is 0 Å². The zero-order chi connectivity index (χ0) is 18.2. The van der Waals surface area contributed by atoms with Crippen LogP contribution in [0.25, 0.3) is 0 Å². The molecule has 0 aliphatic carbocycles. The number of hydrogen-bond acceptors (Lipinski definition) is 5. The second-order valence-electron chi connectivity index (χ2n) is 6.16. The molecule has 1 aliphatic rings. The number of hydrogen-bond donors (Lipinski definition) is 3. The maximum atomic E-state index is 12.2. The van der Waals surface area contributed by atoms with Gasteiger partial charge in [-0.25, -0.2) is 0 Å². The van der Waals surface area contributed by atoms with Gasteiger partial charge in [-0.15, -0.1) is 0 Å². The summed E-state index contributed by atoms with van der Waals surface area (Å²) >= 11 is 0. The molecule has 1 aromatic carbocycles. The minimum Gasteiger partial charge on any atom is -0.496 e. The molecule has 1 aromatic rings. The molecule has 1 aliphatic heterocycles. The van der Waals surface area contributed by atoms with Gasteiger partial charge in [0.2, 0.25) is 11.8 Å². The summed E-state index contributed by atoms with van der Waals surface area (Å²) in [5, 5.41) is 15.1. The molecule has 2 rings (SSSR count). The van der Waals surface area contributed by atoms with Gasteiger partial charge in [-0.3, -0.25) is 9.59 Å². The van der Waals surface area contributed by atoms with E-state index in [1.807, 2.05) is 24.3 Å². The minimum absolute atomic E-state index is 0.120. The lowest BCUT2D eigenvalue weighted by Gasteiger charge is -2.35. The number of aliphatic hydroxyl groups is 1. The van der Waals surface area contributed by atoms with Crippen molar-refractivity contribution in [2.24, 2.45) is 0 Å². The topological polar surface area (TPSA) is 96.9 Å². The van der Waals surface area contributed by atoms with Crippen LogP contribution >= 0.6 is 0 Å². The summed E-state index contributed by atoms with van der Waals surface area (Å²) in [7, 11) is 1.59. The van der Waals surface area contributed by atoms with E-state index in [4.69, 9.17) is 9.47 Å². The lowest BCUT2D eigenvalue weighted by atomic mass is 9.97. The molecule has 0 radical (unpaired) electrons. The normalized spacial score (nSPS) is 22.9. The van der Waals surface area contributed by atoms with Crippen LogP contribution in [-0.4, -0.2) is 48.9 Å². The number of amides is 2. The number of carbonyl (C=O) groups excluding carboxylic acids is 2. The van der Waals surface area contributed by atoms with Crippen molar-refractivity contribution < 1.29 is 24.2 Å². The minimum atomic E-state index is -0.482. The number of para-hydroxylation sites is 1. The standard InChI is InChI=1S/C18H26N2O5/c1-12(22)20-15-8-7-14(25-17(15)11-21)9-18(23)19-10-13-5-3-4-6-16(13)24-2/h3-6,14-15,17,21H,7-11H2,1-2H3,(H,19,23)(H,20,22)/t14-,15-,17-/m1/s1. The number of carbonyl (C=O) groups is 2. The third-order valence-electron chi connectivity index (χ3n) is 4.27. The molecular formula is C18H26N2O5. The molecule has 138 valence electrons. The van der Waals surface area contributed by atoms with Crippen LogP contribution in [0.5, 0.6) is 5.75 Å². The van der Waals surface area contributed by atoms with E-state index in [-0.39, 0.29) is 37.0 Å². The van der Waals surface area contributed by atoms with Crippen LogP contribution < -0.4 is 15.4 Å². The first-order chi connectivity index (χ1) is 12.0. The Labute approximate surface area is 147 Å². The van der Waals surface area contributed by atoms with E-state index >= 15 is 0 Å². The smallest absolute Gasteiger partial charge is 0.222 e. The average molecular weight is 350 g/mol. The highest BCUT2D eigenvalue weighted by Gasteiger charge is 2.32. The zero-order valence-corrected chi connectivity index (χ0v) is 14.7. The third kappa shape index (κ3) is 5.72. The Morgan fingerprint density at radius 1 is 1.32 bits per heavy atom. The van der Waals surface area contributed by atoms with Gasteiger partial charge in [0.15, 0.2) is 0 Å². The average Bonchev–Trinajstić information content (AvgIpc) is 2.61. The van der Waals surface area contributed by atoms with Crippen LogP contribution in [0.3, 0.4) is 0 Å². The van der Waals surface area contributed by atoms with Gasteiger partial charge in [0.05, 0.1) is 32.3 Å². The van der Waals surface area contributed by atoms with Gasteiger partial charge in [-0.2, -0.15) is 0 Å². The fraction of sp³-hybridized carbons (Fsp3) is 0.556. The predicted molar refractivity (Wildman–Crippen MR) is 92.0 cm³/mol. The molecule has 0 saturated carbocycles. The van der Waals surface area contributed by atoms with E-state index in [0.717, 1.165) is 11.3 Å². The van der Waals surface area contributed by atoms with Crippen LogP contribution in [0, 0.1) is 0 Å². The molecule has 3 N–H and O–H groups in total. The lowest BCUT2D eigenvalue weighted by Crippen LogP contribution is -2.51. The van der Waals surface area contributed by atoms with Crippen molar-refractivity contribution in [1.82, 2.24) is 10.6 Å². The number of nitrogens with one attached hydrogen (secondary N) is 2. The zero-order valence-electron chi connectivity index (χ0n) is 14.7. The summed E-state index contributed by atoms with van der Waals surface area (Å²) in [4.78, 5) is 23.4. The lowest BCUT2D eigenvalue weighted by molar-refractivity contribution is -0.135. The SMILES string of the molecule is COc1ccccc1CNC(=O)C[C@H]1CC[C@@H](NC(C)=O)[C@@H](CO)O1. The molecule has 7 heteroatoms. The van der Waals surface area contributed by atoms with Crippen molar-refractivity contribution in [3.63, 3.8) is 0 Å². The maximum Gasteiger partial charge on any atom is 0.222 e. The Bertz CT molecular complexity index is 593.